The molecular formula is C9H16O5S. The second-order valence-corrected chi connectivity index (χ2v) is 5.46. The average Bonchev–Trinajstić information content (AvgIpc) is 1.97. The first-order valence-corrected chi connectivity index (χ1v) is 6.03. The molecule has 0 bridgehead atoms. The van der Waals surface area contributed by atoms with Crippen molar-refractivity contribution in [2.24, 2.45) is 11.3 Å². The Morgan fingerprint density at radius 1 is 1.47 bits per heavy atom. The van der Waals surface area contributed by atoms with E-state index >= 15 is 0 Å². The summed E-state index contributed by atoms with van der Waals surface area (Å²) in [5.41, 5.74) is -0.823. The monoisotopic (exact) mass is 236 g/mol. The lowest BCUT2D eigenvalue weighted by molar-refractivity contribution is -0.143. The molecule has 0 aliphatic heterocycles. The smallest absolute Gasteiger partial charge is 0.308 e. The number of hydrogen-bond donors (Lipinski definition) is 2. The molecule has 0 aliphatic rings. The maximum atomic E-state index is 10.9. The second kappa shape index (κ2) is 4.76. The highest BCUT2D eigenvalue weighted by Gasteiger charge is 2.36. The molecule has 0 aromatic carbocycles. The molecule has 0 rings (SSSR count). The van der Waals surface area contributed by atoms with Crippen LogP contribution in [0, 0.1) is 11.3 Å². The molecule has 15 heavy (non-hydrogen) atoms. The molecule has 0 aromatic heterocycles. The first kappa shape index (κ1) is 14.1. The highest BCUT2D eigenvalue weighted by Crippen LogP contribution is 2.29. The van der Waals surface area contributed by atoms with Crippen LogP contribution in [0.4, 0.5) is 0 Å². The van der Waals surface area contributed by atoms with Gasteiger partial charge in [0.2, 0.25) is 0 Å². The Hall–Kier alpha value is -0.880. The van der Waals surface area contributed by atoms with Crippen LogP contribution in [0.25, 0.3) is 0 Å². The van der Waals surface area contributed by atoms with Crippen LogP contribution < -0.4 is 0 Å². The minimum Gasteiger partial charge on any atom is -0.481 e. The summed E-state index contributed by atoms with van der Waals surface area (Å²) in [7, 11) is -4.28. The zero-order chi connectivity index (χ0) is 12.3. The van der Waals surface area contributed by atoms with Gasteiger partial charge in [-0.05, 0) is 12.3 Å². The van der Waals surface area contributed by atoms with E-state index in [-0.39, 0.29) is 0 Å². The molecule has 1 atom stereocenters. The van der Waals surface area contributed by atoms with E-state index in [9.17, 15) is 13.2 Å². The van der Waals surface area contributed by atoms with E-state index in [4.69, 9.17) is 9.66 Å². The average molecular weight is 236 g/mol. The van der Waals surface area contributed by atoms with Gasteiger partial charge in [0.15, 0.2) is 0 Å². The van der Waals surface area contributed by atoms with Gasteiger partial charge in [-0.1, -0.05) is 26.0 Å². The van der Waals surface area contributed by atoms with Gasteiger partial charge in [0.25, 0.3) is 10.1 Å². The number of allylic oxidation sites excluding steroid dienone is 2. The van der Waals surface area contributed by atoms with Crippen LogP contribution in [0.2, 0.25) is 0 Å². The predicted molar refractivity (Wildman–Crippen MR) is 56.1 cm³/mol. The number of hydrogen-bond acceptors (Lipinski definition) is 3. The van der Waals surface area contributed by atoms with Gasteiger partial charge in [0.05, 0.1) is 11.7 Å². The van der Waals surface area contributed by atoms with Crippen LogP contribution in [0.5, 0.6) is 0 Å². The van der Waals surface area contributed by atoms with Crippen LogP contribution in [-0.4, -0.2) is 29.8 Å². The van der Waals surface area contributed by atoms with Gasteiger partial charge in [-0.3, -0.25) is 9.35 Å². The first-order chi connectivity index (χ1) is 6.60. The third-order valence-electron chi connectivity index (χ3n) is 2.17. The Kier molecular flexibility index (Phi) is 4.48. The highest BCUT2D eigenvalue weighted by atomic mass is 32.2. The molecule has 2 N–H and O–H groups in total. The maximum absolute atomic E-state index is 10.9. The van der Waals surface area contributed by atoms with Gasteiger partial charge >= 0.3 is 5.97 Å². The SMILES string of the molecule is C/C=C\C(C)(C)C(CS(=O)(=O)O)C(=O)O. The summed E-state index contributed by atoms with van der Waals surface area (Å²) in [6.07, 6.45) is 3.26. The van der Waals surface area contributed by atoms with E-state index < -0.39 is 33.2 Å². The Bertz CT molecular complexity index is 353. The molecule has 0 amide bonds. The van der Waals surface area contributed by atoms with Gasteiger partial charge in [-0.25, -0.2) is 0 Å². The fraction of sp³-hybridized carbons (Fsp3) is 0.667. The summed E-state index contributed by atoms with van der Waals surface area (Å²) >= 11 is 0. The Morgan fingerprint density at radius 2 is 1.93 bits per heavy atom. The molecule has 0 spiro atoms. The lowest BCUT2D eigenvalue weighted by Crippen LogP contribution is -2.35. The third-order valence-corrected chi connectivity index (χ3v) is 2.92. The quantitative estimate of drug-likeness (QED) is 0.552. The Balaban J connectivity index is 5.07. The summed E-state index contributed by atoms with van der Waals surface area (Å²) in [6, 6.07) is 0. The molecule has 6 heteroatoms. The first-order valence-electron chi connectivity index (χ1n) is 4.42. The highest BCUT2D eigenvalue weighted by molar-refractivity contribution is 7.85. The lowest BCUT2D eigenvalue weighted by atomic mass is 9.79. The van der Waals surface area contributed by atoms with E-state index in [1.807, 2.05) is 0 Å². The molecule has 0 fully saturated rings. The zero-order valence-electron chi connectivity index (χ0n) is 8.97. The normalized spacial score (nSPS) is 15.5. The minimum atomic E-state index is -4.28. The number of carboxylic acids is 1. The molecule has 0 heterocycles. The third kappa shape index (κ3) is 4.94. The second-order valence-electron chi connectivity index (χ2n) is 3.96. The van der Waals surface area contributed by atoms with Crippen molar-refractivity contribution >= 4 is 16.1 Å². The van der Waals surface area contributed by atoms with Crippen molar-refractivity contribution in [1.82, 2.24) is 0 Å². The summed E-state index contributed by atoms with van der Waals surface area (Å²) in [4.78, 5) is 10.9. The van der Waals surface area contributed by atoms with Crippen molar-refractivity contribution in [3.8, 4) is 0 Å². The molecular weight excluding hydrogens is 220 g/mol. The van der Waals surface area contributed by atoms with Crippen LogP contribution in [0.15, 0.2) is 12.2 Å². The number of aliphatic carboxylic acids is 1. The van der Waals surface area contributed by atoms with E-state index in [2.05, 4.69) is 0 Å². The van der Waals surface area contributed by atoms with Gasteiger partial charge in [0.1, 0.15) is 0 Å². The van der Waals surface area contributed by atoms with Crippen molar-refractivity contribution in [2.45, 2.75) is 20.8 Å². The molecule has 0 radical (unpaired) electrons. The van der Waals surface area contributed by atoms with Gasteiger partial charge in [0, 0.05) is 0 Å². The zero-order valence-corrected chi connectivity index (χ0v) is 9.78. The lowest BCUT2D eigenvalue weighted by Gasteiger charge is -2.27. The predicted octanol–water partition coefficient (Wildman–Crippen LogP) is 1.18. The van der Waals surface area contributed by atoms with Crippen LogP contribution >= 0.6 is 0 Å². The van der Waals surface area contributed by atoms with Gasteiger partial charge < -0.3 is 5.11 Å². The fourth-order valence-electron chi connectivity index (χ4n) is 1.36. The maximum Gasteiger partial charge on any atom is 0.308 e. The number of carboxylic acid groups (broad SMARTS) is 1. The Morgan fingerprint density at radius 3 is 2.20 bits per heavy atom. The van der Waals surface area contributed by atoms with Gasteiger partial charge in [-0.2, -0.15) is 8.42 Å². The molecule has 0 aliphatic carbocycles. The van der Waals surface area contributed by atoms with E-state index in [1.165, 1.54) is 0 Å². The van der Waals surface area contributed by atoms with Crippen molar-refractivity contribution in [2.75, 3.05) is 5.75 Å². The molecule has 88 valence electrons. The van der Waals surface area contributed by atoms with Crippen molar-refractivity contribution < 1.29 is 22.9 Å². The summed E-state index contributed by atoms with van der Waals surface area (Å²) < 4.78 is 30.0. The van der Waals surface area contributed by atoms with E-state index in [1.54, 1.807) is 32.9 Å². The summed E-state index contributed by atoms with van der Waals surface area (Å²) in [5, 5.41) is 8.89. The summed E-state index contributed by atoms with van der Waals surface area (Å²) in [6.45, 7) is 4.93. The number of carbonyl (C=O) groups is 1. The molecule has 1 unspecified atom stereocenters. The topological polar surface area (TPSA) is 91.7 Å². The summed E-state index contributed by atoms with van der Waals surface area (Å²) in [5.74, 6) is -3.18. The number of rotatable bonds is 5. The molecule has 5 nitrogen and oxygen atoms in total. The standard InChI is InChI=1S/C9H16O5S/c1-4-5-9(2,3)7(8(10)11)6-15(12,13)14/h4-5,7H,6H2,1-3H3,(H,10,11)(H,12,13,14)/b5-4-. The fourth-order valence-corrected chi connectivity index (χ4v) is 2.35. The molecule has 0 saturated heterocycles. The van der Waals surface area contributed by atoms with Crippen LogP contribution in [-0.2, 0) is 14.9 Å². The minimum absolute atomic E-state index is 0.778. The van der Waals surface area contributed by atoms with Crippen molar-refractivity contribution in [1.29, 1.82) is 0 Å². The van der Waals surface area contributed by atoms with Crippen molar-refractivity contribution in [3.63, 3.8) is 0 Å². The molecule has 0 aromatic rings. The van der Waals surface area contributed by atoms with Crippen molar-refractivity contribution in [3.05, 3.63) is 12.2 Å². The van der Waals surface area contributed by atoms with Crippen LogP contribution in [0.3, 0.4) is 0 Å². The van der Waals surface area contributed by atoms with E-state index in [0.29, 0.717) is 0 Å². The largest absolute Gasteiger partial charge is 0.481 e. The van der Waals surface area contributed by atoms with E-state index in [0.717, 1.165) is 0 Å². The van der Waals surface area contributed by atoms with Crippen LogP contribution in [0.1, 0.15) is 20.8 Å². The van der Waals surface area contributed by atoms with Gasteiger partial charge in [-0.15, -0.1) is 0 Å². The Labute approximate surface area is 89.6 Å². The molecule has 0 saturated carbocycles.